The maximum absolute atomic E-state index is 5.79. The van der Waals surface area contributed by atoms with Crippen molar-refractivity contribution in [2.24, 2.45) is 0 Å². The van der Waals surface area contributed by atoms with Crippen LogP contribution in [0.3, 0.4) is 0 Å². The van der Waals surface area contributed by atoms with E-state index in [4.69, 9.17) is 8.83 Å². The van der Waals surface area contributed by atoms with Gasteiger partial charge in [0, 0.05) is 0 Å². The molecule has 0 radical (unpaired) electrons. The summed E-state index contributed by atoms with van der Waals surface area (Å²) < 4.78 is 11.3. The molecule has 0 aliphatic rings. The molecular formula is C14H19NO2. The topological polar surface area (TPSA) is 38.3 Å². The van der Waals surface area contributed by atoms with Crippen LogP contribution in [0.15, 0.2) is 27.2 Å². The third kappa shape index (κ3) is 2.29. The predicted octanol–water partition coefficient (Wildman–Crippen LogP) is 3.50. The molecule has 1 atom stereocenters. The summed E-state index contributed by atoms with van der Waals surface area (Å²) in [6.45, 7) is 9.03. The fourth-order valence-electron chi connectivity index (χ4n) is 1.95. The van der Waals surface area contributed by atoms with Gasteiger partial charge in [0.2, 0.25) is 0 Å². The molecule has 2 rings (SSSR count). The van der Waals surface area contributed by atoms with Gasteiger partial charge in [-0.3, -0.25) is 0 Å². The molecule has 0 bridgehead atoms. The first-order chi connectivity index (χ1) is 8.13. The van der Waals surface area contributed by atoms with Crippen LogP contribution < -0.4 is 5.32 Å². The van der Waals surface area contributed by atoms with E-state index in [9.17, 15) is 0 Å². The summed E-state index contributed by atoms with van der Waals surface area (Å²) in [5.74, 6) is 2.81. The van der Waals surface area contributed by atoms with Crippen molar-refractivity contribution in [2.75, 3.05) is 6.54 Å². The van der Waals surface area contributed by atoms with Crippen molar-refractivity contribution in [1.82, 2.24) is 5.32 Å². The second-order valence-corrected chi connectivity index (χ2v) is 4.35. The highest BCUT2D eigenvalue weighted by atomic mass is 16.4. The van der Waals surface area contributed by atoms with Crippen molar-refractivity contribution in [2.45, 2.75) is 33.7 Å². The van der Waals surface area contributed by atoms with Gasteiger partial charge < -0.3 is 14.2 Å². The number of hydrogen-bond acceptors (Lipinski definition) is 3. The number of hydrogen-bond donors (Lipinski definition) is 1. The Bertz CT molecular complexity index is 477. The van der Waals surface area contributed by atoms with Gasteiger partial charge in [0.05, 0.1) is 6.26 Å². The molecule has 3 heteroatoms. The summed E-state index contributed by atoms with van der Waals surface area (Å²) in [5.41, 5.74) is 2.31. The highest BCUT2D eigenvalue weighted by molar-refractivity contribution is 5.29. The summed E-state index contributed by atoms with van der Waals surface area (Å²) in [6.07, 6.45) is 1.72. The van der Waals surface area contributed by atoms with E-state index in [1.807, 2.05) is 19.9 Å². The minimum absolute atomic E-state index is 0.00222. The van der Waals surface area contributed by atoms with Gasteiger partial charge in [0.15, 0.2) is 0 Å². The van der Waals surface area contributed by atoms with Crippen molar-refractivity contribution in [3.63, 3.8) is 0 Å². The Morgan fingerprint density at radius 2 is 2.00 bits per heavy atom. The number of aryl methyl sites for hydroxylation is 3. The Balaban J connectivity index is 2.39. The average Bonchev–Trinajstić information content (AvgIpc) is 2.83. The molecule has 0 spiro atoms. The van der Waals surface area contributed by atoms with Gasteiger partial charge in [0.25, 0.3) is 0 Å². The van der Waals surface area contributed by atoms with E-state index in [-0.39, 0.29) is 6.04 Å². The van der Waals surface area contributed by atoms with Gasteiger partial charge in [-0.1, -0.05) is 6.92 Å². The Hall–Kier alpha value is -1.48. The molecule has 3 nitrogen and oxygen atoms in total. The highest BCUT2D eigenvalue weighted by Gasteiger charge is 2.22. The van der Waals surface area contributed by atoms with E-state index in [2.05, 4.69) is 25.2 Å². The largest absolute Gasteiger partial charge is 0.467 e. The van der Waals surface area contributed by atoms with Crippen LogP contribution in [-0.2, 0) is 0 Å². The third-order valence-electron chi connectivity index (χ3n) is 3.04. The second-order valence-electron chi connectivity index (χ2n) is 4.35. The smallest absolute Gasteiger partial charge is 0.131 e. The molecule has 0 aromatic carbocycles. The van der Waals surface area contributed by atoms with Gasteiger partial charge in [-0.2, -0.15) is 0 Å². The normalized spacial score (nSPS) is 12.9. The first kappa shape index (κ1) is 12.0. The average molecular weight is 233 g/mol. The monoisotopic (exact) mass is 233 g/mol. The molecule has 17 heavy (non-hydrogen) atoms. The first-order valence-corrected chi connectivity index (χ1v) is 5.97. The molecule has 2 heterocycles. The van der Waals surface area contributed by atoms with E-state index >= 15 is 0 Å². The first-order valence-electron chi connectivity index (χ1n) is 5.97. The molecule has 2 aromatic rings. The minimum atomic E-state index is 0.00222. The Morgan fingerprint density at radius 1 is 1.24 bits per heavy atom. The molecule has 2 aromatic heterocycles. The maximum atomic E-state index is 5.79. The van der Waals surface area contributed by atoms with Crippen LogP contribution in [0.1, 0.15) is 41.4 Å². The van der Waals surface area contributed by atoms with Crippen molar-refractivity contribution in [3.8, 4) is 0 Å². The zero-order chi connectivity index (χ0) is 12.4. The molecule has 0 amide bonds. The van der Waals surface area contributed by atoms with Gasteiger partial charge in [-0.15, -0.1) is 0 Å². The van der Waals surface area contributed by atoms with E-state index < -0.39 is 0 Å². The lowest BCUT2D eigenvalue weighted by Crippen LogP contribution is -2.21. The van der Waals surface area contributed by atoms with E-state index in [0.717, 1.165) is 29.4 Å². The summed E-state index contributed by atoms with van der Waals surface area (Å²) in [5, 5.41) is 3.40. The quantitative estimate of drug-likeness (QED) is 0.878. The van der Waals surface area contributed by atoms with E-state index in [1.165, 1.54) is 5.56 Å². The lowest BCUT2D eigenvalue weighted by molar-refractivity contribution is 0.383. The standard InChI is InChI=1S/C14H19NO2/c1-5-15-13(14-9(2)6-7-16-14)12-8-10(3)11(4)17-12/h6-8,13,15H,5H2,1-4H3. The molecule has 0 aliphatic carbocycles. The molecule has 0 saturated carbocycles. The lowest BCUT2D eigenvalue weighted by atomic mass is 10.1. The Morgan fingerprint density at radius 3 is 2.47 bits per heavy atom. The maximum Gasteiger partial charge on any atom is 0.131 e. The summed E-state index contributed by atoms with van der Waals surface area (Å²) in [7, 11) is 0. The Labute approximate surface area is 102 Å². The van der Waals surface area contributed by atoms with Crippen LogP contribution in [0.25, 0.3) is 0 Å². The molecular weight excluding hydrogens is 214 g/mol. The fraction of sp³-hybridized carbons (Fsp3) is 0.429. The van der Waals surface area contributed by atoms with Crippen LogP contribution in [0.4, 0.5) is 0 Å². The fourth-order valence-corrected chi connectivity index (χ4v) is 1.95. The summed E-state index contributed by atoms with van der Waals surface area (Å²) >= 11 is 0. The Kier molecular flexibility index (Phi) is 3.38. The van der Waals surface area contributed by atoms with Crippen LogP contribution >= 0.6 is 0 Å². The molecule has 0 aliphatic heterocycles. The van der Waals surface area contributed by atoms with Gasteiger partial charge in [-0.25, -0.2) is 0 Å². The molecule has 92 valence electrons. The van der Waals surface area contributed by atoms with Crippen LogP contribution in [-0.4, -0.2) is 6.54 Å². The van der Waals surface area contributed by atoms with Crippen molar-refractivity contribution >= 4 is 0 Å². The van der Waals surface area contributed by atoms with Crippen LogP contribution in [0, 0.1) is 20.8 Å². The van der Waals surface area contributed by atoms with Crippen molar-refractivity contribution < 1.29 is 8.83 Å². The van der Waals surface area contributed by atoms with E-state index in [1.54, 1.807) is 6.26 Å². The summed E-state index contributed by atoms with van der Waals surface area (Å²) in [6, 6.07) is 4.05. The second kappa shape index (κ2) is 4.80. The predicted molar refractivity (Wildman–Crippen MR) is 67.1 cm³/mol. The molecule has 1 unspecified atom stereocenters. The number of furan rings is 2. The third-order valence-corrected chi connectivity index (χ3v) is 3.04. The zero-order valence-corrected chi connectivity index (χ0v) is 10.8. The zero-order valence-electron chi connectivity index (χ0n) is 10.8. The van der Waals surface area contributed by atoms with Crippen LogP contribution in [0.2, 0.25) is 0 Å². The minimum Gasteiger partial charge on any atom is -0.467 e. The van der Waals surface area contributed by atoms with Crippen molar-refractivity contribution in [3.05, 3.63) is 46.8 Å². The molecule has 0 fully saturated rings. The van der Waals surface area contributed by atoms with E-state index in [0.29, 0.717) is 0 Å². The number of rotatable bonds is 4. The van der Waals surface area contributed by atoms with Crippen molar-refractivity contribution in [1.29, 1.82) is 0 Å². The summed E-state index contributed by atoms with van der Waals surface area (Å²) in [4.78, 5) is 0. The highest BCUT2D eigenvalue weighted by Crippen LogP contribution is 2.28. The number of nitrogens with one attached hydrogen (secondary N) is 1. The van der Waals surface area contributed by atoms with Gasteiger partial charge >= 0.3 is 0 Å². The van der Waals surface area contributed by atoms with Crippen LogP contribution in [0.5, 0.6) is 0 Å². The lowest BCUT2D eigenvalue weighted by Gasteiger charge is -2.13. The SMILES string of the molecule is CCNC(c1cc(C)c(C)o1)c1occc1C. The van der Waals surface area contributed by atoms with Gasteiger partial charge in [-0.05, 0) is 50.6 Å². The van der Waals surface area contributed by atoms with Gasteiger partial charge in [0.1, 0.15) is 23.3 Å². The molecule has 0 saturated heterocycles. The molecule has 1 N–H and O–H groups in total.